The van der Waals surface area contributed by atoms with Crippen molar-refractivity contribution in [3.63, 3.8) is 0 Å². The van der Waals surface area contributed by atoms with Crippen molar-refractivity contribution in [2.45, 2.75) is 43.9 Å². The van der Waals surface area contributed by atoms with Gasteiger partial charge in [-0.1, -0.05) is 35.0 Å². The van der Waals surface area contributed by atoms with Crippen molar-refractivity contribution >= 4 is 21.7 Å². The fraction of sp³-hybridized carbons (Fsp3) is 0.500. The Hall–Kier alpha value is -0.630. The van der Waals surface area contributed by atoms with Crippen LogP contribution in [0.1, 0.15) is 47.7 Å². The van der Waals surface area contributed by atoms with Crippen LogP contribution in [0.3, 0.4) is 0 Å². The molecule has 0 radical (unpaired) electrons. The molecule has 1 unspecified atom stereocenters. The summed E-state index contributed by atoms with van der Waals surface area (Å²) in [6.45, 7) is 2.02. The lowest BCUT2D eigenvalue weighted by atomic mass is 9.89. The van der Waals surface area contributed by atoms with Gasteiger partial charge in [-0.2, -0.15) is 0 Å². The Balaban J connectivity index is 2.26. The lowest BCUT2D eigenvalue weighted by molar-refractivity contribution is 0.0990. The predicted octanol–water partition coefficient (Wildman–Crippen LogP) is 3.92. The maximum absolute atomic E-state index is 12.0. The predicted molar refractivity (Wildman–Crippen MR) is 70.4 cm³/mol. The van der Waals surface area contributed by atoms with Crippen LogP contribution in [0.4, 0.5) is 0 Å². The number of aryl methyl sites for hydroxylation is 2. The number of carbonyl (C=O) groups excluding carboxylic acids is 1. The van der Waals surface area contributed by atoms with Gasteiger partial charge in [0.1, 0.15) is 0 Å². The standard InChI is InChI=1S/C14H17BrO/c1-2-13(15)14(16)12-8-7-10-5-3-4-6-11(10)9-12/h7-9,13H,2-6H2,1H3. The number of rotatable bonds is 3. The van der Waals surface area contributed by atoms with E-state index in [1.807, 2.05) is 13.0 Å². The minimum Gasteiger partial charge on any atom is -0.293 e. The number of fused-ring (bicyclic) bond motifs is 1. The Morgan fingerprint density at radius 1 is 1.31 bits per heavy atom. The van der Waals surface area contributed by atoms with Crippen molar-refractivity contribution in [2.24, 2.45) is 0 Å². The van der Waals surface area contributed by atoms with Crippen molar-refractivity contribution in [1.82, 2.24) is 0 Å². The molecule has 2 heteroatoms. The van der Waals surface area contributed by atoms with Crippen LogP contribution in [0.5, 0.6) is 0 Å². The van der Waals surface area contributed by atoms with Crippen molar-refractivity contribution in [2.75, 3.05) is 0 Å². The summed E-state index contributed by atoms with van der Waals surface area (Å²) in [5.74, 6) is 0.218. The normalized spacial score (nSPS) is 16.6. The van der Waals surface area contributed by atoms with E-state index in [1.54, 1.807) is 0 Å². The van der Waals surface area contributed by atoms with Gasteiger partial charge in [0.15, 0.2) is 5.78 Å². The Bertz CT molecular complexity index is 398. The molecule has 0 aromatic heterocycles. The van der Waals surface area contributed by atoms with Crippen LogP contribution >= 0.6 is 15.9 Å². The Kier molecular flexibility index (Phi) is 3.80. The molecule has 1 aromatic carbocycles. The number of hydrogen-bond donors (Lipinski definition) is 0. The van der Waals surface area contributed by atoms with Crippen LogP contribution < -0.4 is 0 Å². The second kappa shape index (κ2) is 5.13. The molecule has 0 N–H and O–H groups in total. The molecule has 0 fully saturated rings. The van der Waals surface area contributed by atoms with Crippen LogP contribution in [0.2, 0.25) is 0 Å². The number of Topliss-reactive ketones (excluding diaryl/α,β-unsaturated/α-hetero) is 1. The number of benzene rings is 1. The van der Waals surface area contributed by atoms with Gasteiger partial charge in [-0.15, -0.1) is 0 Å². The van der Waals surface area contributed by atoms with Gasteiger partial charge in [0.25, 0.3) is 0 Å². The number of hydrogen-bond acceptors (Lipinski definition) is 1. The first-order chi connectivity index (χ1) is 7.72. The molecule has 1 aliphatic rings. The minimum absolute atomic E-state index is 0.0332. The number of carbonyl (C=O) groups is 1. The van der Waals surface area contributed by atoms with Crippen molar-refractivity contribution < 1.29 is 4.79 Å². The third kappa shape index (κ3) is 2.37. The van der Waals surface area contributed by atoms with Gasteiger partial charge in [0.05, 0.1) is 4.83 Å². The minimum atomic E-state index is -0.0332. The Morgan fingerprint density at radius 2 is 2.00 bits per heavy atom. The summed E-state index contributed by atoms with van der Waals surface area (Å²) < 4.78 is 0. The molecule has 0 aliphatic heterocycles. The zero-order chi connectivity index (χ0) is 11.5. The molecule has 0 saturated carbocycles. The van der Waals surface area contributed by atoms with Crippen LogP contribution in [0.15, 0.2) is 18.2 Å². The van der Waals surface area contributed by atoms with Crippen molar-refractivity contribution in [3.05, 3.63) is 34.9 Å². The maximum atomic E-state index is 12.0. The van der Waals surface area contributed by atoms with Crippen LogP contribution in [-0.4, -0.2) is 10.6 Å². The topological polar surface area (TPSA) is 17.1 Å². The second-order valence-corrected chi connectivity index (χ2v) is 5.54. The van der Waals surface area contributed by atoms with Crippen LogP contribution in [0, 0.1) is 0 Å². The molecule has 1 atom stereocenters. The fourth-order valence-electron chi connectivity index (χ4n) is 2.25. The maximum Gasteiger partial charge on any atom is 0.176 e. The SMILES string of the molecule is CCC(Br)C(=O)c1ccc2c(c1)CCCC2. The lowest BCUT2D eigenvalue weighted by Gasteiger charge is -2.16. The summed E-state index contributed by atoms with van der Waals surface area (Å²) in [4.78, 5) is 12.0. The van der Waals surface area contributed by atoms with E-state index in [4.69, 9.17) is 0 Å². The zero-order valence-corrected chi connectivity index (χ0v) is 11.2. The molecule has 86 valence electrons. The summed E-state index contributed by atoms with van der Waals surface area (Å²) in [7, 11) is 0. The zero-order valence-electron chi connectivity index (χ0n) is 9.63. The van der Waals surface area contributed by atoms with E-state index < -0.39 is 0 Å². The first kappa shape index (κ1) is 11.8. The molecule has 1 aromatic rings. The van der Waals surface area contributed by atoms with Gasteiger partial charge in [-0.05, 0) is 49.3 Å². The Morgan fingerprint density at radius 3 is 2.69 bits per heavy atom. The van der Waals surface area contributed by atoms with E-state index in [0.29, 0.717) is 0 Å². The molecule has 0 spiro atoms. The van der Waals surface area contributed by atoms with E-state index in [9.17, 15) is 4.79 Å². The van der Waals surface area contributed by atoms with Crippen molar-refractivity contribution in [1.29, 1.82) is 0 Å². The third-order valence-electron chi connectivity index (χ3n) is 3.28. The monoisotopic (exact) mass is 280 g/mol. The van der Waals surface area contributed by atoms with Gasteiger partial charge in [-0.3, -0.25) is 4.79 Å². The highest BCUT2D eigenvalue weighted by Crippen LogP contribution is 2.23. The molecule has 0 amide bonds. The average molecular weight is 281 g/mol. The van der Waals surface area contributed by atoms with Crippen molar-refractivity contribution in [3.8, 4) is 0 Å². The summed E-state index contributed by atoms with van der Waals surface area (Å²) in [6, 6.07) is 6.22. The van der Waals surface area contributed by atoms with E-state index in [1.165, 1.54) is 30.4 Å². The van der Waals surface area contributed by atoms with E-state index >= 15 is 0 Å². The molecule has 16 heavy (non-hydrogen) atoms. The average Bonchev–Trinajstić information content (AvgIpc) is 2.36. The molecule has 1 nitrogen and oxygen atoms in total. The molecule has 2 rings (SSSR count). The second-order valence-electron chi connectivity index (χ2n) is 4.43. The quantitative estimate of drug-likeness (QED) is 0.606. The van der Waals surface area contributed by atoms with Gasteiger partial charge in [0, 0.05) is 5.56 Å². The molecule has 0 heterocycles. The highest BCUT2D eigenvalue weighted by Gasteiger charge is 2.17. The number of alkyl halides is 1. The van der Waals surface area contributed by atoms with Gasteiger partial charge in [0.2, 0.25) is 0 Å². The van der Waals surface area contributed by atoms with E-state index in [2.05, 4.69) is 28.1 Å². The highest BCUT2D eigenvalue weighted by atomic mass is 79.9. The van der Waals surface area contributed by atoms with Gasteiger partial charge >= 0.3 is 0 Å². The Labute approximate surface area is 105 Å². The van der Waals surface area contributed by atoms with E-state index in [-0.39, 0.29) is 10.6 Å². The summed E-state index contributed by atoms with van der Waals surface area (Å²) in [5.41, 5.74) is 3.68. The summed E-state index contributed by atoms with van der Waals surface area (Å²) in [6.07, 6.45) is 5.70. The lowest BCUT2D eigenvalue weighted by Crippen LogP contribution is -2.14. The van der Waals surface area contributed by atoms with Crippen LogP contribution in [-0.2, 0) is 12.8 Å². The summed E-state index contributed by atoms with van der Waals surface area (Å²) in [5, 5.41) is 0. The smallest absolute Gasteiger partial charge is 0.176 e. The van der Waals surface area contributed by atoms with Crippen LogP contribution in [0.25, 0.3) is 0 Å². The molecule has 0 bridgehead atoms. The van der Waals surface area contributed by atoms with E-state index in [0.717, 1.165) is 18.4 Å². The largest absolute Gasteiger partial charge is 0.293 e. The molecule has 0 saturated heterocycles. The fourth-order valence-corrected chi connectivity index (χ4v) is 2.52. The van der Waals surface area contributed by atoms with Gasteiger partial charge in [-0.25, -0.2) is 0 Å². The molecular formula is C14H17BrO. The third-order valence-corrected chi connectivity index (χ3v) is 4.34. The first-order valence-corrected chi connectivity index (χ1v) is 6.94. The van der Waals surface area contributed by atoms with Gasteiger partial charge < -0.3 is 0 Å². The number of ketones is 1. The molecular weight excluding hydrogens is 264 g/mol. The summed E-state index contributed by atoms with van der Waals surface area (Å²) >= 11 is 3.43. The first-order valence-electron chi connectivity index (χ1n) is 6.02. The molecule has 1 aliphatic carbocycles. The highest BCUT2D eigenvalue weighted by molar-refractivity contribution is 9.10. The number of halogens is 1.